The van der Waals surface area contributed by atoms with Crippen molar-refractivity contribution in [2.75, 3.05) is 22.9 Å². The van der Waals surface area contributed by atoms with Crippen LogP contribution in [-0.2, 0) is 22.9 Å². The second-order valence-electron chi connectivity index (χ2n) is 6.21. The maximum atomic E-state index is 12.5. The maximum absolute atomic E-state index is 12.5. The zero-order valence-electron chi connectivity index (χ0n) is 14.8. The minimum absolute atomic E-state index is 0.0348. The third-order valence-corrected chi connectivity index (χ3v) is 5.76. The number of rotatable bonds is 6. The number of sulfonamides is 1. The van der Waals surface area contributed by atoms with Gasteiger partial charge in [0.05, 0.1) is 18.6 Å². The molecule has 26 heavy (non-hydrogen) atoms. The number of aryl methyl sites for hydroxylation is 2. The Morgan fingerprint density at radius 1 is 1.12 bits per heavy atom. The van der Waals surface area contributed by atoms with Crippen molar-refractivity contribution in [3.63, 3.8) is 0 Å². The second kappa shape index (κ2) is 7.37. The molecule has 0 fully saturated rings. The van der Waals surface area contributed by atoms with Crippen LogP contribution in [0.4, 0.5) is 11.4 Å². The first kappa shape index (κ1) is 18.3. The minimum atomic E-state index is -3.41. The molecule has 3 rings (SSSR count). The molecule has 0 unspecified atom stereocenters. The smallest absolute Gasteiger partial charge is 0.255 e. The Kier molecular flexibility index (Phi) is 5.18. The van der Waals surface area contributed by atoms with Crippen LogP contribution < -0.4 is 14.8 Å². The Labute approximate surface area is 153 Å². The van der Waals surface area contributed by atoms with Crippen LogP contribution in [0.1, 0.15) is 34.8 Å². The summed E-state index contributed by atoms with van der Waals surface area (Å²) in [7, 11) is -1.96. The Morgan fingerprint density at radius 2 is 1.88 bits per heavy atom. The molecule has 2 aromatic rings. The number of hydrogen-bond acceptors (Lipinski definition) is 4. The van der Waals surface area contributed by atoms with Gasteiger partial charge in [0, 0.05) is 17.3 Å². The third-order valence-electron chi connectivity index (χ3n) is 4.47. The molecule has 0 atom stereocenters. The lowest BCUT2D eigenvalue weighted by Crippen LogP contribution is -2.16. The molecule has 0 aromatic heterocycles. The fourth-order valence-electron chi connectivity index (χ4n) is 3.01. The number of nitrogens with one attached hydrogen (secondary N) is 2. The highest BCUT2D eigenvalue weighted by molar-refractivity contribution is 7.92. The summed E-state index contributed by atoms with van der Waals surface area (Å²) in [6.07, 6.45) is 3.22. The number of carbonyl (C=O) groups is 1. The van der Waals surface area contributed by atoms with E-state index in [1.54, 1.807) is 25.1 Å². The van der Waals surface area contributed by atoms with Crippen molar-refractivity contribution in [2.45, 2.75) is 26.2 Å². The van der Waals surface area contributed by atoms with Crippen molar-refractivity contribution in [1.29, 1.82) is 0 Å². The van der Waals surface area contributed by atoms with Crippen LogP contribution in [0, 0.1) is 0 Å². The van der Waals surface area contributed by atoms with Gasteiger partial charge in [-0.05, 0) is 61.6 Å². The van der Waals surface area contributed by atoms with E-state index in [1.807, 2.05) is 18.2 Å². The van der Waals surface area contributed by atoms with E-state index in [9.17, 15) is 13.2 Å². The normalized spacial score (nSPS) is 13.2. The molecule has 0 saturated carbocycles. The first-order chi connectivity index (χ1) is 12.4. The van der Waals surface area contributed by atoms with Crippen LogP contribution in [0.25, 0.3) is 0 Å². The van der Waals surface area contributed by atoms with Crippen LogP contribution in [0.15, 0.2) is 36.4 Å². The monoisotopic (exact) mass is 374 g/mol. The van der Waals surface area contributed by atoms with Gasteiger partial charge in [0.2, 0.25) is 10.0 Å². The Bertz CT molecular complexity index is 939. The van der Waals surface area contributed by atoms with Gasteiger partial charge >= 0.3 is 0 Å². The molecule has 7 heteroatoms. The molecule has 2 aromatic carbocycles. The molecule has 2 N–H and O–H groups in total. The Hall–Kier alpha value is -2.54. The molecule has 0 bridgehead atoms. The lowest BCUT2D eigenvalue weighted by atomic mass is 10.1. The standard InChI is InChI=1S/C19H22N2O4S/c1-3-26(23,24)21-17-10-9-16(12-18(17)25-2)20-19(22)15-8-7-13-5-4-6-14(13)11-15/h7-12,21H,3-6H2,1-2H3,(H,20,22). The number of amides is 1. The zero-order chi connectivity index (χ0) is 18.7. The summed E-state index contributed by atoms with van der Waals surface area (Å²) in [6, 6.07) is 10.6. The summed E-state index contributed by atoms with van der Waals surface area (Å²) >= 11 is 0. The molecule has 0 spiro atoms. The van der Waals surface area contributed by atoms with Crippen LogP contribution in [0.3, 0.4) is 0 Å². The van der Waals surface area contributed by atoms with Crippen molar-refractivity contribution in [3.05, 3.63) is 53.1 Å². The van der Waals surface area contributed by atoms with Crippen LogP contribution >= 0.6 is 0 Å². The molecular formula is C19H22N2O4S. The number of methoxy groups -OCH3 is 1. The Morgan fingerprint density at radius 3 is 2.62 bits per heavy atom. The average molecular weight is 374 g/mol. The predicted octanol–water partition coefficient (Wildman–Crippen LogP) is 3.20. The summed E-state index contributed by atoms with van der Waals surface area (Å²) in [4.78, 5) is 12.5. The number of carbonyl (C=O) groups excluding carboxylic acids is 1. The molecule has 138 valence electrons. The van der Waals surface area contributed by atoms with Gasteiger partial charge in [0.25, 0.3) is 5.91 Å². The molecule has 1 amide bonds. The number of anilines is 2. The second-order valence-corrected chi connectivity index (χ2v) is 8.22. The van der Waals surface area contributed by atoms with Gasteiger partial charge < -0.3 is 10.1 Å². The van der Waals surface area contributed by atoms with E-state index in [1.165, 1.54) is 18.2 Å². The van der Waals surface area contributed by atoms with Gasteiger partial charge in [-0.2, -0.15) is 0 Å². The molecule has 1 aliphatic carbocycles. The number of benzene rings is 2. The van der Waals surface area contributed by atoms with Crippen molar-refractivity contribution in [3.8, 4) is 5.75 Å². The average Bonchev–Trinajstić information content (AvgIpc) is 3.10. The van der Waals surface area contributed by atoms with Crippen molar-refractivity contribution >= 4 is 27.3 Å². The van der Waals surface area contributed by atoms with Crippen LogP contribution in [0.5, 0.6) is 5.75 Å². The number of hydrogen-bond donors (Lipinski definition) is 2. The SMILES string of the molecule is CCS(=O)(=O)Nc1ccc(NC(=O)c2ccc3c(c2)CCC3)cc1OC. The van der Waals surface area contributed by atoms with Crippen molar-refractivity contribution < 1.29 is 17.9 Å². The quantitative estimate of drug-likeness (QED) is 0.813. The van der Waals surface area contributed by atoms with Crippen molar-refractivity contribution in [1.82, 2.24) is 0 Å². The molecule has 0 aliphatic heterocycles. The first-order valence-corrected chi connectivity index (χ1v) is 10.2. The van der Waals surface area contributed by atoms with E-state index in [-0.39, 0.29) is 11.7 Å². The molecular weight excluding hydrogens is 352 g/mol. The minimum Gasteiger partial charge on any atom is -0.494 e. The van der Waals surface area contributed by atoms with E-state index >= 15 is 0 Å². The first-order valence-electron chi connectivity index (χ1n) is 8.53. The summed E-state index contributed by atoms with van der Waals surface area (Å²) in [5, 5.41) is 2.83. The molecule has 6 nitrogen and oxygen atoms in total. The topological polar surface area (TPSA) is 84.5 Å². The van der Waals surface area contributed by atoms with Gasteiger partial charge in [-0.1, -0.05) is 6.07 Å². The summed E-state index contributed by atoms with van der Waals surface area (Å²) in [5.74, 6) is 0.102. The van der Waals surface area contributed by atoms with Crippen LogP contribution in [0.2, 0.25) is 0 Å². The summed E-state index contributed by atoms with van der Waals surface area (Å²) in [6.45, 7) is 1.56. The molecule has 0 heterocycles. The highest BCUT2D eigenvalue weighted by Gasteiger charge is 2.15. The Balaban J connectivity index is 1.78. The van der Waals surface area contributed by atoms with Crippen LogP contribution in [-0.4, -0.2) is 27.2 Å². The van der Waals surface area contributed by atoms with E-state index in [2.05, 4.69) is 10.0 Å². The van der Waals surface area contributed by atoms with E-state index < -0.39 is 10.0 Å². The van der Waals surface area contributed by atoms with Gasteiger partial charge in [0.15, 0.2) is 0 Å². The number of fused-ring (bicyclic) bond motifs is 1. The lowest BCUT2D eigenvalue weighted by molar-refractivity contribution is 0.102. The summed E-state index contributed by atoms with van der Waals surface area (Å²) in [5.41, 5.74) is 4.03. The molecule has 1 aliphatic rings. The van der Waals surface area contributed by atoms with Gasteiger partial charge in [-0.3, -0.25) is 9.52 Å². The van der Waals surface area contributed by atoms with Gasteiger partial charge in [-0.25, -0.2) is 8.42 Å². The predicted molar refractivity (Wildman–Crippen MR) is 102 cm³/mol. The summed E-state index contributed by atoms with van der Waals surface area (Å²) < 4.78 is 31.2. The van der Waals surface area contributed by atoms with Gasteiger partial charge in [-0.15, -0.1) is 0 Å². The van der Waals surface area contributed by atoms with Gasteiger partial charge in [0.1, 0.15) is 5.75 Å². The van der Waals surface area contributed by atoms with E-state index in [4.69, 9.17) is 4.74 Å². The van der Waals surface area contributed by atoms with E-state index in [0.29, 0.717) is 22.7 Å². The van der Waals surface area contributed by atoms with E-state index in [0.717, 1.165) is 19.3 Å². The fraction of sp³-hybridized carbons (Fsp3) is 0.316. The fourth-order valence-corrected chi connectivity index (χ4v) is 3.66. The van der Waals surface area contributed by atoms with Crippen molar-refractivity contribution in [2.24, 2.45) is 0 Å². The largest absolute Gasteiger partial charge is 0.494 e. The highest BCUT2D eigenvalue weighted by atomic mass is 32.2. The highest BCUT2D eigenvalue weighted by Crippen LogP contribution is 2.29. The number of ether oxygens (including phenoxy) is 1. The maximum Gasteiger partial charge on any atom is 0.255 e. The molecule has 0 saturated heterocycles. The molecule has 0 radical (unpaired) electrons. The zero-order valence-corrected chi connectivity index (χ0v) is 15.7. The third kappa shape index (κ3) is 3.99. The lowest BCUT2D eigenvalue weighted by Gasteiger charge is -2.13.